The molecule has 3 aromatic rings. The number of carbonyl (C=O) groups excluding carboxylic acids is 1. The number of hydrogen-bond donors (Lipinski definition) is 1. The number of fused-ring (bicyclic) bond motifs is 1. The first kappa shape index (κ1) is 27.0. The minimum absolute atomic E-state index is 0.00939. The molecule has 1 aliphatic carbocycles. The van der Waals surface area contributed by atoms with Crippen molar-refractivity contribution in [3.8, 4) is 5.75 Å². The molecule has 1 amide bonds. The highest BCUT2D eigenvalue weighted by atomic mass is 16.5. The lowest BCUT2D eigenvalue weighted by atomic mass is 9.68. The molecule has 4 rings (SSSR count). The number of benzene rings is 1. The van der Waals surface area contributed by atoms with Gasteiger partial charge in [0, 0.05) is 37.7 Å². The van der Waals surface area contributed by atoms with Crippen LogP contribution in [0.2, 0.25) is 0 Å². The summed E-state index contributed by atoms with van der Waals surface area (Å²) < 4.78 is 8.72. The van der Waals surface area contributed by atoms with Gasteiger partial charge < -0.3 is 10.1 Å². The molecule has 1 fully saturated rings. The Morgan fingerprint density at radius 3 is 2.51 bits per heavy atom. The van der Waals surface area contributed by atoms with E-state index in [-0.39, 0.29) is 34.4 Å². The molecule has 7 nitrogen and oxygen atoms in total. The lowest BCUT2D eigenvalue weighted by molar-refractivity contribution is -0.123. The third-order valence-electron chi connectivity index (χ3n) is 7.79. The Morgan fingerprint density at radius 1 is 1.16 bits per heavy atom. The van der Waals surface area contributed by atoms with Gasteiger partial charge in [-0.15, -0.1) is 0 Å². The van der Waals surface area contributed by atoms with Crippen LogP contribution in [0.1, 0.15) is 77.5 Å². The summed E-state index contributed by atoms with van der Waals surface area (Å²) >= 11 is 0. The highest BCUT2D eigenvalue weighted by molar-refractivity contribution is 5.76. The molecule has 37 heavy (non-hydrogen) atoms. The van der Waals surface area contributed by atoms with Gasteiger partial charge in [0.15, 0.2) is 5.65 Å². The van der Waals surface area contributed by atoms with Crippen molar-refractivity contribution in [2.24, 2.45) is 17.9 Å². The molecule has 0 aliphatic heterocycles. The van der Waals surface area contributed by atoms with Gasteiger partial charge in [0.1, 0.15) is 5.75 Å². The number of amides is 1. The molecule has 0 saturated heterocycles. The van der Waals surface area contributed by atoms with Gasteiger partial charge in [-0.25, -0.2) is 9.78 Å². The van der Waals surface area contributed by atoms with Gasteiger partial charge in [-0.1, -0.05) is 46.8 Å². The maximum atomic E-state index is 12.9. The Bertz CT molecular complexity index is 1310. The zero-order chi connectivity index (χ0) is 27.0. The maximum Gasteiger partial charge on any atom is 0.330 e. The van der Waals surface area contributed by atoms with E-state index in [1.165, 1.54) is 0 Å². The number of hydrogen-bond acceptors (Lipinski definition) is 4. The normalized spacial score (nSPS) is 19.6. The van der Waals surface area contributed by atoms with Gasteiger partial charge in [-0.3, -0.25) is 13.9 Å². The molecule has 200 valence electrons. The topological polar surface area (TPSA) is 78.2 Å². The molecule has 1 N–H and O–H groups in total. The molecular weight excluding hydrogens is 464 g/mol. The van der Waals surface area contributed by atoms with E-state index >= 15 is 0 Å². The van der Waals surface area contributed by atoms with Crippen LogP contribution in [0, 0.1) is 10.8 Å². The second-order valence-electron chi connectivity index (χ2n) is 12.5. The Hall–Kier alpha value is -3.09. The van der Waals surface area contributed by atoms with Crippen LogP contribution in [0.3, 0.4) is 0 Å². The van der Waals surface area contributed by atoms with Crippen LogP contribution in [-0.2, 0) is 24.8 Å². The van der Waals surface area contributed by atoms with E-state index in [0.717, 1.165) is 47.4 Å². The predicted molar refractivity (Wildman–Crippen MR) is 148 cm³/mol. The summed E-state index contributed by atoms with van der Waals surface area (Å²) in [5.74, 6) is 1.14. The highest BCUT2D eigenvalue weighted by Gasteiger charge is 2.38. The third kappa shape index (κ3) is 6.08. The number of pyridine rings is 1. The molecule has 2 heterocycles. The van der Waals surface area contributed by atoms with Gasteiger partial charge in [0.05, 0.1) is 12.6 Å². The van der Waals surface area contributed by atoms with Crippen molar-refractivity contribution in [2.45, 2.75) is 85.2 Å². The Labute approximate surface area is 220 Å². The van der Waals surface area contributed by atoms with Crippen molar-refractivity contribution < 1.29 is 9.53 Å². The summed E-state index contributed by atoms with van der Waals surface area (Å²) in [6, 6.07) is 12.1. The molecular formula is C30H42N4O3. The number of imidazole rings is 1. The minimum atomic E-state index is -0.0265. The summed E-state index contributed by atoms with van der Waals surface area (Å²) in [6.45, 7) is 11.5. The third-order valence-corrected chi connectivity index (χ3v) is 7.79. The number of aromatic nitrogens is 3. The van der Waals surface area contributed by atoms with Crippen LogP contribution < -0.4 is 15.7 Å². The molecule has 2 unspecified atom stereocenters. The average molecular weight is 507 g/mol. The quantitative estimate of drug-likeness (QED) is 0.478. The molecule has 0 spiro atoms. The van der Waals surface area contributed by atoms with Crippen molar-refractivity contribution in [3.63, 3.8) is 0 Å². The lowest BCUT2D eigenvalue weighted by Gasteiger charge is -2.42. The summed E-state index contributed by atoms with van der Waals surface area (Å²) in [7, 11) is 3.45. The van der Waals surface area contributed by atoms with Gasteiger partial charge >= 0.3 is 5.69 Å². The van der Waals surface area contributed by atoms with Crippen molar-refractivity contribution in [1.29, 1.82) is 0 Å². The van der Waals surface area contributed by atoms with E-state index in [2.05, 4.69) is 46.0 Å². The largest absolute Gasteiger partial charge is 0.497 e. The average Bonchev–Trinajstić information content (AvgIpc) is 3.07. The fourth-order valence-electron chi connectivity index (χ4n) is 5.42. The fourth-order valence-corrected chi connectivity index (χ4v) is 5.42. The SMILES string of the molecule is COc1ccc(CCC(=O)NC2CC(c3ccc4c(n3)n(C)c(=O)n4CC(C)(C)C)CCC2(C)C)cc1. The number of nitrogens with one attached hydrogen (secondary N) is 1. The minimum Gasteiger partial charge on any atom is -0.497 e. The number of methoxy groups -OCH3 is 1. The van der Waals surface area contributed by atoms with Crippen LogP contribution in [-0.4, -0.2) is 33.2 Å². The number of nitrogens with zero attached hydrogens (tertiary/aromatic N) is 3. The van der Waals surface area contributed by atoms with Crippen LogP contribution in [0.25, 0.3) is 11.2 Å². The second kappa shape index (κ2) is 10.3. The number of rotatable bonds is 7. The maximum absolute atomic E-state index is 12.9. The lowest BCUT2D eigenvalue weighted by Crippen LogP contribution is -2.48. The molecule has 1 aromatic carbocycles. The standard InChI is InChI=1S/C30H42N4O3/c1-29(2,3)19-34-24-14-13-23(31-27(24)33(6)28(34)36)21-16-17-30(4,5)25(18-21)32-26(35)15-10-20-8-11-22(37-7)12-9-20/h8-9,11-14,21,25H,10,15-19H2,1-7H3,(H,32,35). The monoisotopic (exact) mass is 506 g/mol. The van der Waals surface area contributed by atoms with Crippen molar-refractivity contribution in [3.05, 3.63) is 58.1 Å². The van der Waals surface area contributed by atoms with Crippen LogP contribution in [0.4, 0.5) is 0 Å². The summed E-state index contributed by atoms with van der Waals surface area (Å²) in [6.07, 6.45) is 4.02. The molecule has 0 bridgehead atoms. The van der Waals surface area contributed by atoms with Crippen LogP contribution in [0.15, 0.2) is 41.2 Å². The zero-order valence-electron chi connectivity index (χ0n) is 23.4. The number of aryl methyl sites for hydroxylation is 2. The van der Waals surface area contributed by atoms with Crippen LogP contribution in [0.5, 0.6) is 5.75 Å². The summed E-state index contributed by atoms with van der Waals surface area (Å²) in [5.41, 5.74) is 3.72. The molecule has 2 aromatic heterocycles. The van der Waals surface area contributed by atoms with E-state index in [4.69, 9.17) is 9.72 Å². The summed E-state index contributed by atoms with van der Waals surface area (Å²) in [5, 5.41) is 3.34. The van der Waals surface area contributed by atoms with E-state index < -0.39 is 0 Å². The van der Waals surface area contributed by atoms with Gasteiger partial charge in [0.2, 0.25) is 5.91 Å². The number of ether oxygens (including phenoxy) is 1. The Balaban J connectivity index is 1.47. The zero-order valence-corrected chi connectivity index (χ0v) is 23.4. The van der Waals surface area contributed by atoms with Crippen LogP contribution >= 0.6 is 0 Å². The van der Waals surface area contributed by atoms with E-state index in [1.54, 1.807) is 18.7 Å². The van der Waals surface area contributed by atoms with E-state index in [9.17, 15) is 9.59 Å². The van der Waals surface area contributed by atoms with Gasteiger partial charge in [0.25, 0.3) is 0 Å². The number of carbonyl (C=O) groups is 1. The summed E-state index contributed by atoms with van der Waals surface area (Å²) in [4.78, 5) is 30.8. The van der Waals surface area contributed by atoms with E-state index in [0.29, 0.717) is 19.4 Å². The Morgan fingerprint density at radius 2 is 1.86 bits per heavy atom. The molecule has 0 radical (unpaired) electrons. The van der Waals surface area contributed by atoms with Gasteiger partial charge in [-0.2, -0.15) is 0 Å². The first-order valence-electron chi connectivity index (χ1n) is 13.4. The second-order valence-corrected chi connectivity index (χ2v) is 12.5. The molecule has 1 aliphatic rings. The van der Waals surface area contributed by atoms with Gasteiger partial charge in [-0.05, 0) is 66.3 Å². The molecule has 2 atom stereocenters. The smallest absolute Gasteiger partial charge is 0.330 e. The Kier molecular flexibility index (Phi) is 7.54. The van der Waals surface area contributed by atoms with E-state index in [1.807, 2.05) is 34.9 Å². The van der Waals surface area contributed by atoms with Crippen molar-refractivity contribution >= 4 is 17.1 Å². The van der Waals surface area contributed by atoms with Crippen molar-refractivity contribution in [1.82, 2.24) is 19.4 Å². The molecule has 1 saturated carbocycles. The first-order chi connectivity index (χ1) is 17.4. The van der Waals surface area contributed by atoms with Crippen molar-refractivity contribution in [2.75, 3.05) is 7.11 Å². The fraction of sp³-hybridized carbons (Fsp3) is 0.567. The highest BCUT2D eigenvalue weighted by Crippen LogP contribution is 2.42. The predicted octanol–water partition coefficient (Wildman–Crippen LogP) is 5.20. The molecule has 7 heteroatoms. The first-order valence-corrected chi connectivity index (χ1v) is 13.4.